The fourth-order valence-corrected chi connectivity index (χ4v) is 36.0. The van der Waals surface area contributed by atoms with Gasteiger partial charge in [-0.3, -0.25) is 0 Å². The summed E-state index contributed by atoms with van der Waals surface area (Å²) in [5, 5.41) is 0. The van der Waals surface area contributed by atoms with Gasteiger partial charge in [-0.1, -0.05) is 0 Å². The first-order valence-electron chi connectivity index (χ1n) is 19.7. The molecule has 0 amide bonds. The Morgan fingerprint density at radius 3 is 1.28 bits per heavy atom. The third-order valence-electron chi connectivity index (χ3n) is 13.9. The molecule has 2 unspecified atom stereocenters. The first-order chi connectivity index (χ1) is 25.7. The predicted octanol–water partition coefficient (Wildman–Crippen LogP) is 14.6. The van der Waals surface area contributed by atoms with Crippen molar-refractivity contribution in [1.29, 1.82) is 0 Å². The van der Waals surface area contributed by atoms with Crippen LogP contribution in [0.15, 0.2) is 133 Å². The monoisotopic (exact) mass is 854 g/mol. The molecule has 53 heavy (non-hydrogen) atoms. The molecule has 1 fully saturated rings. The Hall–Kier alpha value is -4.46. The zero-order valence-corrected chi connectivity index (χ0v) is 35.7. The molecule has 0 N–H and O–H groups in total. The summed E-state index contributed by atoms with van der Waals surface area (Å²) in [6.45, 7) is 9.16. The number of hydrogen-bond acceptors (Lipinski definition) is 0. The molecule has 6 aromatic carbocycles. The molecule has 0 saturated heterocycles. The van der Waals surface area contributed by atoms with E-state index < -0.39 is 18.0 Å². The average molecular weight is 853 g/mol. The zero-order valence-electron chi connectivity index (χ0n) is 32.1. The van der Waals surface area contributed by atoms with E-state index in [1.54, 1.807) is 11.1 Å². The molecule has 3 aliphatic carbocycles. The van der Waals surface area contributed by atoms with Crippen LogP contribution in [0.2, 0.25) is 9.36 Å². The van der Waals surface area contributed by atoms with Crippen LogP contribution in [-0.4, -0.2) is 3.26 Å². The zero-order chi connectivity index (χ0) is 36.5. The number of allylic oxidation sites excluding steroid dienone is 2. The van der Waals surface area contributed by atoms with Crippen molar-refractivity contribution in [2.45, 2.75) is 63.7 Å². The topological polar surface area (TPSA) is 0 Å². The summed E-state index contributed by atoms with van der Waals surface area (Å²) in [5.74, 6) is 0. The van der Waals surface area contributed by atoms with Gasteiger partial charge in [0.15, 0.2) is 0 Å². The van der Waals surface area contributed by atoms with E-state index in [-0.39, 0.29) is 0 Å². The van der Waals surface area contributed by atoms with Gasteiger partial charge in [0.1, 0.15) is 0 Å². The van der Waals surface area contributed by atoms with Crippen molar-refractivity contribution in [3.8, 4) is 44.5 Å². The van der Waals surface area contributed by atoms with Crippen LogP contribution in [0.1, 0.15) is 71.1 Å². The van der Waals surface area contributed by atoms with Crippen LogP contribution in [0.5, 0.6) is 0 Å². The molecular formula is C52H50Hf. The van der Waals surface area contributed by atoms with E-state index in [0.29, 0.717) is 7.35 Å². The van der Waals surface area contributed by atoms with E-state index >= 15 is 0 Å². The summed E-state index contributed by atoms with van der Waals surface area (Å²) in [5.41, 5.74) is 22.2. The Kier molecular flexibility index (Phi) is 8.32. The molecule has 0 aromatic heterocycles. The normalized spacial score (nSPS) is 17.5. The van der Waals surface area contributed by atoms with Crippen molar-refractivity contribution >= 4 is 15.4 Å². The Labute approximate surface area is 317 Å². The van der Waals surface area contributed by atoms with Gasteiger partial charge in [0, 0.05) is 0 Å². The van der Waals surface area contributed by atoms with Gasteiger partial charge in [-0.15, -0.1) is 0 Å². The fourth-order valence-electron chi connectivity index (χ4n) is 10.8. The SMILES string of the molecule is Cc1ccc(-c2cccc3c2C=C[CH]3[Hf]([CH3])([CH3])(=[C]2CCC2)[CH]2C=Cc3c(-c4ccc(C)c(-c5ccccc5)c4C)cccc32)c(C)c1-c1ccccc1. The molecule has 0 spiro atoms. The standard InChI is InChI=1S/2C23H19.C4H6.2CH3.Hf/c2*1-16-14-15-20(17(2)23(16)19-8-4-3-5-9-19)22-13-7-11-18-10-6-12-21(18)22;1-2-4-3-1;;;/h2*3-15H,1-2H3;1-3H2;2*1H3;. The molecule has 0 radical (unpaired) electrons. The van der Waals surface area contributed by atoms with Gasteiger partial charge in [-0.2, -0.15) is 0 Å². The number of fused-ring (bicyclic) bond motifs is 2. The van der Waals surface area contributed by atoms with Gasteiger partial charge in [-0.05, 0) is 0 Å². The van der Waals surface area contributed by atoms with Crippen LogP contribution in [-0.2, 0) is 18.0 Å². The maximum absolute atomic E-state index is 4.01. The summed E-state index contributed by atoms with van der Waals surface area (Å²) in [6, 6.07) is 45.6. The van der Waals surface area contributed by atoms with Crippen LogP contribution < -0.4 is 0 Å². The van der Waals surface area contributed by atoms with Gasteiger partial charge in [-0.25, -0.2) is 0 Å². The average Bonchev–Trinajstić information content (AvgIpc) is 3.79. The Morgan fingerprint density at radius 2 is 0.887 bits per heavy atom. The second-order valence-electron chi connectivity index (χ2n) is 16.9. The van der Waals surface area contributed by atoms with Gasteiger partial charge in [0.05, 0.1) is 0 Å². The molecule has 0 aliphatic heterocycles. The van der Waals surface area contributed by atoms with E-state index in [9.17, 15) is 0 Å². The molecule has 6 aromatic rings. The van der Waals surface area contributed by atoms with Crippen molar-refractivity contribution < 1.29 is 18.0 Å². The Balaban J connectivity index is 1.17. The van der Waals surface area contributed by atoms with Crippen molar-refractivity contribution in [2.75, 3.05) is 0 Å². The first kappa shape index (κ1) is 34.3. The predicted molar refractivity (Wildman–Crippen MR) is 228 cm³/mol. The van der Waals surface area contributed by atoms with Gasteiger partial charge in [0.25, 0.3) is 0 Å². The van der Waals surface area contributed by atoms with Crippen LogP contribution in [0, 0.1) is 27.7 Å². The molecular weight excluding hydrogens is 803 g/mol. The summed E-state index contributed by atoms with van der Waals surface area (Å²) >= 11 is -4.01. The van der Waals surface area contributed by atoms with Crippen LogP contribution in [0.3, 0.4) is 0 Å². The van der Waals surface area contributed by atoms with Gasteiger partial charge in [0.2, 0.25) is 0 Å². The van der Waals surface area contributed by atoms with E-state index in [1.165, 1.54) is 97.2 Å². The van der Waals surface area contributed by atoms with Crippen molar-refractivity contribution in [1.82, 2.24) is 0 Å². The molecule has 262 valence electrons. The Bertz CT molecular complexity index is 2400. The number of benzene rings is 6. The summed E-state index contributed by atoms with van der Waals surface area (Å²) < 4.78 is 8.54. The van der Waals surface area contributed by atoms with Crippen molar-refractivity contribution in [3.05, 3.63) is 178 Å². The van der Waals surface area contributed by atoms with Gasteiger partial charge < -0.3 is 0 Å². The Morgan fingerprint density at radius 1 is 0.453 bits per heavy atom. The van der Waals surface area contributed by atoms with E-state index in [0.717, 1.165) is 0 Å². The molecule has 1 heteroatoms. The third-order valence-corrected chi connectivity index (χ3v) is 41.1. The maximum atomic E-state index is 2.83. The summed E-state index contributed by atoms with van der Waals surface area (Å²) in [7, 11) is 0. The first-order valence-corrected chi connectivity index (χ1v) is 32.8. The molecule has 3 aliphatic rings. The molecule has 2 atom stereocenters. The van der Waals surface area contributed by atoms with Gasteiger partial charge >= 0.3 is 320 Å². The van der Waals surface area contributed by atoms with Crippen molar-refractivity contribution in [3.63, 3.8) is 0 Å². The number of aryl methyl sites for hydroxylation is 2. The minimum atomic E-state index is -4.01. The van der Waals surface area contributed by atoms with Crippen LogP contribution in [0.4, 0.5) is 0 Å². The van der Waals surface area contributed by atoms with E-state index in [4.69, 9.17) is 0 Å². The van der Waals surface area contributed by atoms with E-state index in [2.05, 4.69) is 183 Å². The van der Waals surface area contributed by atoms with E-state index in [1.807, 2.05) is 3.26 Å². The summed E-state index contributed by atoms with van der Waals surface area (Å²) in [4.78, 5) is 0. The van der Waals surface area contributed by atoms with Crippen LogP contribution in [0.25, 0.3) is 56.7 Å². The molecule has 0 nitrogen and oxygen atoms in total. The van der Waals surface area contributed by atoms with Crippen LogP contribution >= 0.6 is 0 Å². The number of hydrogen-bond donors (Lipinski definition) is 0. The third kappa shape index (κ3) is 5.21. The number of rotatable bonds is 6. The second-order valence-corrected chi connectivity index (χ2v) is 42.7. The second kappa shape index (κ2) is 12.8. The molecule has 0 heterocycles. The molecule has 1 saturated carbocycles. The summed E-state index contributed by atoms with van der Waals surface area (Å²) in [6.07, 6.45) is 14.3. The molecule has 9 rings (SSSR count). The minimum absolute atomic E-state index is 0.478. The van der Waals surface area contributed by atoms with Crippen molar-refractivity contribution in [2.24, 2.45) is 0 Å². The fraction of sp³-hybridized carbons (Fsp3) is 0.212. The quantitative estimate of drug-likeness (QED) is 0.146. The molecule has 0 bridgehead atoms.